The molecule has 142 valence electrons. The van der Waals surface area contributed by atoms with Crippen LogP contribution in [0, 0.1) is 6.92 Å². The Labute approximate surface area is 154 Å². The first-order chi connectivity index (χ1) is 12.5. The van der Waals surface area contributed by atoms with Gasteiger partial charge in [0.2, 0.25) is 11.8 Å². The topological polar surface area (TPSA) is 75.7 Å². The van der Waals surface area contributed by atoms with Crippen LogP contribution >= 0.6 is 0 Å². The van der Waals surface area contributed by atoms with Crippen molar-refractivity contribution < 1.29 is 19.1 Å². The van der Waals surface area contributed by atoms with E-state index in [1.807, 2.05) is 31.2 Å². The normalized spacial score (nSPS) is 16.4. The molecule has 1 N–H and O–H groups in total. The van der Waals surface area contributed by atoms with E-state index in [2.05, 4.69) is 5.32 Å². The number of benzene rings is 1. The summed E-state index contributed by atoms with van der Waals surface area (Å²) in [6.45, 7) is 2.62. The Hall–Kier alpha value is -2.37. The standard InChI is InChI=1S/C20H28N2O4/c1-15-8-10-16(11-9-15)17(13-20(25)26-2)21-18(23)14-22-12-6-4-3-5-7-19(22)24/h8-11,17H,3-7,12-14H2,1-2H3,(H,21,23)/t17-/m1/s1. The molecule has 0 aliphatic carbocycles. The van der Waals surface area contributed by atoms with Crippen LogP contribution in [0.15, 0.2) is 24.3 Å². The number of amides is 2. The monoisotopic (exact) mass is 360 g/mol. The summed E-state index contributed by atoms with van der Waals surface area (Å²) in [7, 11) is 1.33. The van der Waals surface area contributed by atoms with Gasteiger partial charge in [0.1, 0.15) is 0 Å². The highest BCUT2D eigenvalue weighted by Crippen LogP contribution is 2.18. The predicted molar refractivity (Wildman–Crippen MR) is 98.4 cm³/mol. The maximum Gasteiger partial charge on any atom is 0.307 e. The summed E-state index contributed by atoms with van der Waals surface area (Å²) in [5.74, 6) is -0.619. The van der Waals surface area contributed by atoms with E-state index in [0.29, 0.717) is 13.0 Å². The average molecular weight is 360 g/mol. The molecule has 1 saturated heterocycles. The van der Waals surface area contributed by atoms with Crippen molar-refractivity contribution in [2.24, 2.45) is 0 Å². The van der Waals surface area contributed by atoms with Crippen molar-refractivity contribution in [2.45, 2.75) is 51.5 Å². The molecule has 26 heavy (non-hydrogen) atoms. The van der Waals surface area contributed by atoms with Crippen LogP contribution in [-0.4, -0.2) is 42.9 Å². The van der Waals surface area contributed by atoms with Crippen molar-refractivity contribution in [1.29, 1.82) is 0 Å². The molecular formula is C20H28N2O4. The quantitative estimate of drug-likeness (QED) is 0.791. The van der Waals surface area contributed by atoms with E-state index in [1.165, 1.54) is 7.11 Å². The Morgan fingerprint density at radius 2 is 1.85 bits per heavy atom. The van der Waals surface area contributed by atoms with Crippen molar-refractivity contribution in [3.63, 3.8) is 0 Å². The van der Waals surface area contributed by atoms with E-state index >= 15 is 0 Å². The number of hydrogen-bond acceptors (Lipinski definition) is 4. The molecule has 0 aromatic heterocycles. The third-order valence-corrected chi connectivity index (χ3v) is 4.67. The van der Waals surface area contributed by atoms with E-state index in [4.69, 9.17) is 4.74 Å². The first-order valence-electron chi connectivity index (χ1n) is 9.20. The van der Waals surface area contributed by atoms with Crippen molar-refractivity contribution >= 4 is 17.8 Å². The molecule has 0 spiro atoms. The fraction of sp³-hybridized carbons (Fsp3) is 0.550. The Morgan fingerprint density at radius 3 is 2.54 bits per heavy atom. The Balaban J connectivity index is 2.03. The molecule has 1 atom stereocenters. The fourth-order valence-corrected chi connectivity index (χ4v) is 3.10. The number of nitrogens with zero attached hydrogens (tertiary/aromatic N) is 1. The third kappa shape index (κ3) is 6.17. The molecule has 2 rings (SSSR count). The van der Waals surface area contributed by atoms with Gasteiger partial charge in [-0.25, -0.2) is 0 Å². The van der Waals surface area contributed by atoms with Gasteiger partial charge >= 0.3 is 5.97 Å². The molecule has 1 aliphatic heterocycles. The summed E-state index contributed by atoms with van der Waals surface area (Å²) < 4.78 is 4.75. The SMILES string of the molecule is COC(=O)C[C@@H](NC(=O)CN1CCCCCCC1=O)c1ccc(C)cc1. The Kier molecular flexibility index (Phi) is 7.63. The Morgan fingerprint density at radius 1 is 1.15 bits per heavy atom. The molecule has 1 heterocycles. The van der Waals surface area contributed by atoms with Crippen molar-refractivity contribution in [3.05, 3.63) is 35.4 Å². The Bertz CT molecular complexity index is 627. The van der Waals surface area contributed by atoms with Crippen LogP contribution < -0.4 is 5.32 Å². The second kappa shape index (κ2) is 9.94. The number of nitrogens with one attached hydrogen (secondary N) is 1. The summed E-state index contributed by atoms with van der Waals surface area (Å²) in [6.07, 6.45) is 4.50. The number of rotatable bonds is 6. The largest absolute Gasteiger partial charge is 0.469 e. The lowest BCUT2D eigenvalue weighted by molar-refractivity contribution is -0.142. The van der Waals surface area contributed by atoms with Crippen LogP contribution in [0.1, 0.15) is 55.7 Å². The van der Waals surface area contributed by atoms with Crippen molar-refractivity contribution in [3.8, 4) is 0 Å². The summed E-state index contributed by atoms with van der Waals surface area (Å²) >= 11 is 0. The molecule has 6 heteroatoms. The second-order valence-corrected chi connectivity index (χ2v) is 6.79. The van der Waals surface area contributed by atoms with E-state index in [-0.39, 0.29) is 24.8 Å². The summed E-state index contributed by atoms with van der Waals surface area (Å²) in [4.78, 5) is 38.1. The summed E-state index contributed by atoms with van der Waals surface area (Å²) in [5.41, 5.74) is 1.94. The number of aryl methyl sites for hydroxylation is 1. The van der Waals surface area contributed by atoms with Crippen molar-refractivity contribution in [2.75, 3.05) is 20.2 Å². The number of likely N-dealkylation sites (tertiary alicyclic amines) is 1. The lowest BCUT2D eigenvalue weighted by atomic mass is 10.0. The minimum Gasteiger partial charge on any atom is -0.469 e. The van der Waals surface area contributed by atoms with E-state index in [9.17, 15) is 14.4 Å². The smallest absolute Gasteiger partial charge is 0.307 e. The number of esters is 1. The minimum atomic E-state index is -0.472. The molecule has 1 aliphatic rings. The van der Waals surface area contributed by atoms with E-state index in [1.54, 1.807) is 4.90 Å². The van der Waals surface area contributed by atoms with Gasteiger partial charge in [-0.05, 0) is 25.3 Å². The first kappa shape index (κ1) is 19.9. The zero-order valence-corrected chi connectivity index (χ0v) is 15.6. The molecule has 0 radical (unpaired) electrons. The van der Waals surface area contributed by atoms with Gasteiger partial charge in [-0.1, -0.05) is 42.7 Å². The highest BCUT2D eigenvalue weighted by Gasteiger charge is 2.22. The number of ether oxygens (including phenoxy) is 1. The highest BCUT2D eigenvalue weighted by atomic mass is 16.5. The van der Waals surface area contributed by atoms with Gasteiger partial charge in [0.05, 0.1) is 26.1 Å². The van der Waals surface area contributed by atoms with Crippen LogP contribution in [0.2, 0.25) is 0 Å². The second-order valence-electron chi connectivity index (χ2n) is 6.79. The zero-order valence-electron chi connectivity index (χ0n) is 15.6. The maximum atomic E-state index is 12.5. The predicted octanol–water partition coefficient (Wildman–Crippen LogP) is 2.51. The van der Waals surface area contributed by atoms with Gasteiger partial charge in [-0.3, -0.25) is 14.4 Å². The number of carbonyl (C=O) groups is 3. The number of methoxy groups -OCH3 is 1. The summed E-state index contributed by atoms with van der Waals surface area (Å²) in [6, 6.07) is 7.19. The molecule has 2 amide bonds. The lowest BCUT2D eigenvalue weighted by Crippen LogP contribution is -2.43. The average Bonchev–Trinajstić information content (AvgIpc) is 2.61. The molecule has 6 nitrogen and oxygen atoms in total. The van der Waals surface area contributed by atoms with Crippen LogP contribution in [0.25, 0.3) is 0 Å². The molecule has 0 bridgehead atoms. The molecule has 1 fully saturated rings. The lowest BCUT2D eigenvalue weighted by Gasteiger charge is -2.26. The van der Waals surface area contributed by atoms with Gasteiger partial charge in [0.25, 0.3) is 0 Å². The third-order valence-electron chi connectivity index (χ3n) is 4.67. The highest BCUT2D eigenvalue weighted by molar-refractivity contribution is 5.85. The van der Waals surface area contributed by atoms with E-state index in [0.717, 1.165) is 36.8 Å². The molecule has 0 saturated carbocycles. The molecule has 1 aromatic carbocycles. The van der Waals surface area contributed by atoms with Crippen molar-refractivity contribution in [1.82, 2.24) is 10.2 Å². The zero-order chi connectivity index (χ0) is 18.9. The van der Waals surface area contributed by atoms with Gasteiger partial charge in [-0.15, -0.1) is 0 Å². The van der Waals surface area contributed by atoms with Crippen LogP contribution in [-0.2, 0) is 19.1 Å². The van der Waals surface area contributed by atoms with Crippen LogP contribution in [0.5, 0.6) is 0 Å². The van der Waals surface area contributed by atoms with Gasteiger partial charge < -0.3 is 15.0 Å². The molecule has 0 unspecified atom stereocenters. The maximum absolute atomic E-state index is 12.5. The van der Waals surface area contributed by atoms with Gasteiger partial charge in [0, 0.05) is 13.0 Å². The fourth-order valence-electron chi connectivity index (χ4n) is 3.10. The minimum absolute atomic E-state index is 0.0275. The van der Waals surface area contributed by atoms with Crippen LogP contribution in [0.3, 0.4) is 0 Å². The van der Waals surface area contributed by atoms with Crippen LogP contribution in [0.4, 0.5) is 0 Å². The number of hydrogen-bond donors (Lipinski definition) is 1. The molecular weight excluding hydrogens is 332 g/mol. The number of carbonyl (C=O) groups excluding carboxylic acids is 3. The van der Waals surface area contributed by atoms with Gasteiger partial charge in [-0.2, -0.15) is 0 Å². The summed E-state index contributed by atoms with van der Waals surface area (Å²) in [5, 5.41) is 2.89. The van der Waals surface area contributed by atoms with E-state index < -0.39 is 12.0 Å². The van der Waals surface area contributed by atoms with Gasteiger partial charge in [0.15, 0.2) is 0 Å². The first-order valence-corrected chi connectivity index (χ1v) is 9.20. The molecule has 1 aromatic rings.